The largest absolute Gasteiger partial charge is 0.417 e. The molecule has 1 aromatic carbocycles. The summed E-state index contributed by atoms with van der Waals surface area (Å²) < 4.78 is 64.7. The summed E-state index contributed by atoms with van der Waals surface area (Å²) in [5.74, 6) is 0.0695. The molecule has 12 heteroatoms. The Labute approximate surface area is 182 Å². The molecule has 1 fully saturated rings. The van der Waals surface area contributed by atoms with Crippen molar-refractivity contribution in [1.29, 1.82) is 0 Å². The highest BCUT2D eigenvalue weighted by molar-refractivity contribution is 7.89. The van der Waals surface area contributed by atoms with Crippen LogP contribution in [0.5, 0.6) is 0 Å². The van der Waals surface area contributed by atoms with E-state index < -0.39 is 21.8 Å². The standard InChI is InChI=1S/C19H20ClF3N4O3S/c20-14-2-1-3-16(10-14)31(29,30)25-8-6-18(28)26-15-7-9-27(12-15)17-5-4-13(11-24-17)19(21,22)23/h1-5,10-11,15,25H,6-9,12H2,(H,26,28). The molecule has 1 amide bonds. The van der Waals surface area contributed by atoms with Gasteiger partial charge in [-0.3, -0.25) is 4.79 Å². The minimum atomic E-state index is -4.44. The highest BCUT2D eigenvalue weighted by Crippen LogP contribution is 2.29. The maximum absolute atomic E-state index is 12.6. The lowest BCUT2D eigenvalue weighted by molar-refractivity contribution is -0.137. The molecule has 1 aliphatic heterocycles. The minimum Gasteiger partial charge on any atom is -0.354 e. The molecular formula is C19H20ClF3N4O3S. The average Bonchev–Trinajstić information content (AvgIpc) is 3.15. The third-order valence-electron chi connectivity index (χ3n) is 4.70. The number of carbonyl (C=O) groups is 1. The SMILES string of the molecule is O=C(CCNS(=O)(=O)c1cccc(Cl)c1)NC1CCN(c2ccc(C(F)(F)F)cn2)C1. The summed E-state index contributed by atoms with van der Waals surface area (Å²) in [6.45, 7) is 0.848. The van der Waals surface area contributed by atoms with Crippen molar-refractivity contribution < 1.29 is 26.4 Å². The fourth-order valence-electron chi connectivity index (χ4n) is 3.14. The summed E-state index contributed by atoms with van der Waals surface area (Å²) >= 11 is 5.80. The smallest absolute Gasteiger partial charge is 0.354 e. The molecule has 3 rings (SSSR count). The summed E-state index contributed by atoms with van der Waals surface area (Å²) in [6.07, 6.45) is -3.12. The predicted molar refractivity (Wildman–Crippen MR) is 109 cm³/mol. The number of rotatable bonds is 7. The maximum atomic E-state index is 12.6. The van der Waals surface area contributed by atoms with Crippen LogP contribution in [-0.2, 0) is 21.0 Å². The monoisotopic (exact) mass is 476 g/mol. The van der Waals surface area contributed by atoms with E-state index in [1.54, 1.807) is 11.0 Å². The van der Waals surface area contributed by atoms with E-state index in [2.05, 4.69) is 15.0 Å². The Balaban J connectivity index is 1.45. The van der Waals surface area contributed by atoms with Crippen molar-refractivity contribution in [2.24, 2.45) is 0 Å². The number of nitrogens with one attached hydrogen (secondary N) is 2. The Kier molecular flexibility index (Phi) is 7.07. The van der Waals surface area contributed by atoms with E-state index in [1.165, 1.54) is 24.3 Å². The first kappa shape index (κ1) is 23.3. The molecule has 0 bridgehead atoms. The number of benzene rings is 1. The van der Waals surface area contributed by atoms with Crippen molar-refractivity contribution in [3.63, 3.8) is 0 Å². The van der Waals surface area contributed by atoms with E-state index in [9.17, 15) is 26.4 Å². The van der Waals surface area contributed by atoms with Crippen molar-refractivity contribution in [3.8, 4) is 0 Å². The number of alkyl halides is 3. The number of anilines is 1. The fraction of sp³-hybridized carbons (Fsp3) is 0.368. The van der Waals surface area contributed by atoms with Crippen molar-refractivity contribution in [2.75, 3.05) is 24.5 Å². The number of hydrogen-bond donors (Lipinski definition) is 2. The Morgan fingerprint density at radius 1 is 1.26 bits per heavy atom. The third kappa shape index (κ3) is 6.31. The fourth-order valence-corrected chi connectivity index (χ4v) is 4.48. The quantitative estimate of drug-likeness (QED) is 0.641. The molecule has 168 valence electrons. The first-order chi connectivity index (χ1) is 14.5. The highest BCUT2D eigenvalue weighted by atomic mass is 35.5. The van der Waals surface area contributed by atoms with Crippen molar-refractivity contribution in [3.05, 3.63) is 53.2 Å². The molecule has 2 N–H and O–H groups in total. The van der Waals surface area contributed by atoms with Crippen LogP contribution in [0.15, 0.2) is 47.5 Å². The van der Waals surface area contributed by atoms with Crippen LogP contribution in [0.1, 0.15) is 18.4 Å². The van der Waals surface area contributed by atoms with Crippen molar-refractivity contribution >= 4 is 33.3 Å². The average molecular weight is 477 g/mol. The van der Waals surface area contributed by atoms with Gasteiger partial charge in [0, 0.05) is 43.3 Å². The number of pyridine rings is 1. The first-order valence-corrected chi connectivity index (χ1v) is 11.2. The maximum Gasteiger partial charge on any atom is 0.417 e. The molecule has 0 radical (unpaired) electrons. The van der Waals surface area contributed by atoms with Gasteiger partial charge < -0.3 is 10.2 Å². The molecule has 1 atom stereocenters. The van der Waals surface area contributed by atoms with Crippen LogP contribution in [0.2, 0.25) is 5.02 Å². The molecule has 2 aromatic rings. The topological polar surface area (TPSA) is 91.4 Å². The Bertz CT molecular complexity index is 1030. The van der Waals surface area contributed by atoms with E-state index in [0.29, 0.717) is 25.3 Å². The van der Waals surface area contributed by atoms with Gasteiger partial charge in [0.05, 0.1) is 10.5 Å². The Morgan fingerprint density at radius 2 is 2.03 bits per heavy atom. The van der Waals surface area contributed by atoms with Crippen LogP contribution < -0.4 is 14.9 Å². The molecule has 1 unspecified atom stereocenters. The van der Waals surface area contributed by atoms with Gasteiger partial charge >= 0.3 is 6.18 Å². The lowest BCUT2D eigenvalue weighted by atomic mass is 10.2. The number of hydrogen-bond acceptors (Lipinski definition) is 5. The van der Waals surface area contributed by atoms with Gasteiger partial charge in [-0.2, -0.15) is 13.2 Å². The van der Waals surface area contributed by atoms with E-state index in [4.69, 9.17) is 11.6 Å². The molecule has 0 saturated carbocycles. The van der Waals surface area contributed by atoms with Crippen molar-refractivity contribution in [1.82, 2.24) is 15.0 Å². The normalized spacial score (nSPS) is 17.0. The van der Waals surface area contributed by atoms with Gasteiger partial charge in [0.2, 0.25) is 15.9 Å². The number of amides is 1. The van der Waals surface area contributed by atoms with Gasteiger partial charge in [-0.05, 0) is 36.8 Å². The van der Waals surface area contributed by atoms with Crippen LogP contribution in [0.4, 0.5) is 19.0 Å². The molecular weight excluding hydrogens is 457 g/mol. The molecule has 31 heavy (non-hydrogen) atoms. The number of carbonyl (C=O) groups excluding carboxylic acids is 1. The molecule has 1 aliphatic rings. The second-order valence-corrected chi connectivity index (χ2v) is 9.21. The lowest BCUT2D eigenvalue weighted by Gasteiger charge is -2.18. The van der Waals surface area contributed by atoms with Crippen molar-refractivity contribution in [2.45, 2.75) is 30.0 Å². The molecule has 2 heterocycles. The summed E-state index contributed by atoms with van der Waals surface area (Å²) in [4.78, 5) is 17.8. The zero-order chi connectivity index (χ0) is 22.6. The minimum absolute atomic E-state index is 0.0101. The van der Waals surface area contributed by atoms with Gasteiger partial charge in [-0.25, -0.2) is 18.1 Å². The number of sulfonamides is 1. The van der Waals surface area contributed by atoms with Gasteiger partial charge in [-0.1, -0.05) is 17.7 Å². The van der Waals surface area contributed by atoms with Gasteiger partial charge in [0.1, 0.15) is 5.82 Å². The summed E-state index contributed by atoms with van der Waals surface area (Å²) in [6, 6.07) is 7.85. The molecule has 1 saturated heterocycles. The van der Waals surface area contributed by atoms with Crippen LogP contribution in [0.25, 0.3) is 0 Å². The molecule has 0 spiro atoms. The Morgan fingerprint density at radius 3 is 2.68 bits per heavy atom. The van der Waals surface area contributed by atoms with Crippen LogP contribution >= 0.6 is 11.6 Å². The highest BCUT2D eigenvalue weighted by Gasteiger charge is 2.31. The van der Waals surface area contributed by atoms with E-state index in [0.717, 1.165) is 12.3 Å². The number of halogens is 4. The zero-order valence-corrected chi connectivity index (χ0v) is 17.8. The molecule has 1 aromatic heterocycles. The Hall–Kier alpha value is -2.37. The third-order valence-corrected chi connectivity index (χ3v) is 6.40. The number of nitrogens with zero attached hydrogens (tertiary/aromatic N) is 2. The molecule has 7 nitrogen and oxygen atoms in total. The second kappa shape index (κ2) is 9.41. The second-order valence-electron chi connectivity index (χ2n) is 7.01. The summed E-state index contributed by atoms with van der Waals surface area (Å²) in [5.41, 5.74) is -0.819. The van der Waals surface area contributed by atoms with Gasteiger partial charge in [-0.15, -0.1) is 0 Å². The van der Waals surface area contributed by atoms with E-state index >= 15 is 0 Å². The summed E-state index contributed by atoms with van der Waals surface area (Å²) in [5, 5.41) is 3.09. The van der Waals surface area contributed by atoms with Crippen LogP contribution in [0, 0.1) is 0 Å². The van der Waals surface area contributed by atoms with E-state index in [-0.39, 0.29) is 34.8 Å². The first-order valence-electron chi connectivity index (χ1n) is 9.37. The van der Waals surface area contributed by atoms with E-state index in [1.807, 2.05) is 0 Å². The number of aromatic nitrogens is 1. The van der Waals surface area contributed by atoms with Crippen LogP contribution in [-0.4, -0.2) is 45.0 Å². The van der Waals surface area contributed by atoms with Crippen LogP contribution in [0.3, 0.4) is 0 Å². The lowest BCUT2D eigenvalue weighted by Crippen LogP contribution is -2.39. The predicted octanol–water partition coefficient (Wildman–Crippen LogP) is 2.82. The molecule has 0 aliphatic carbocycles. The van der Waals surface area contributed by atoms with Gasteiger partial charge in [0.15, 0.2) is 0 Å². The summed E-state index contributed by atoms with van der Waals surface area (Å²) in [7, 11) is -3.78. The zero-order valence-electron chi connectivity index (χ0n) is 16.2. The van der Waals surface area contributed by atoms with Gasteiger partial charge in [0.25, 0.3) is 0 Å².